The van der Waals surface area contributed by atoms with Gasteiger partial charge in [-0.3, -0.25) is 0 Å². The number of fused-ring (bicyclic) bond motifs is 1. The van der Waals surface area contributed by atoms with Gasteiger partial charge < -0.3 is 9.53 Å². The fourth-order valence-electron chi connectivity index (χ4n) is 3.33. The largest absolute Gasteiger partial charge is 0.492 e. The molecular formula is C18H24O2. The van der Waals surface area contributed by atoms with Gasteiger partial charge in [-0.1, -0.05) is 46.8 Å². The lowest BCUT2D eigenvalue weighted by molar-refractivity contribution is -0.109. The number of carbonyl (C=O) groups is 1. The van der Waals surface area contributed by atoms with Crippen molar-refractivity contribution in [1.82, 2.24) is 0 Å². The van der Waals surface area contributed by atoms with Crippen molar-refractivity contribution in [3.63, 3.8) is 0 Å². The third-order valence-corrected chi connectivity index (χ3v) is 5.17. The van der Waals surface area contributed by atoms with Crippen LogP contribution in [0.2, 0.25) is 0 Å². The molecule has 2 atom stereocenters. The standard InChI is InChI=1S/C18H24O2/c1-11(2)14-6-12(18(5)8-13(18)9-19)7-15-16(14)20-10-17(15,3)4/h6-7,9,11,13H,8,10H2,1-5H3/t13-,18-/m1/s1. The van der Waals surface area contributed by atoms with Crippen molar-refractivity contribution >= 4 is 6.29 Å². The van der Waals surface area contributed by atoms with Crippen LogP contribution in [0.4, 0.5) is 0 Å². The van der Waals surface area contributed by atoms with E-state index in [1.165, 1.54) is 16.7 Å². The lowest BCUT2D eigenvalue weighted by Gasteiger charge is -2.21. The molecule has 0 N–H and O–H groups in total. The van der Waals surface area contributed by atoms with Crippen molar-refractivity contribution in [1.29, 1.82) is 0 Å². The normalized spacial score (nSPS) is 30.0. The molecule has 1 aromatic rings. The molecule has 1 aliphatic carbocycles. The van der Waals surface area contributed by atoms with Gasteiger partial charge in [-0.25, -0.2) is 0 Å². The molecular weight excluding hydrogens is 248 g/mol. The SMILES string of the molecule is CC(C)c1cc([C@@]2(C)C[C@@H]2C=O)cc2c1OCC2(C)C. The van der Waals surface area contributed by atoms with E-state index < -0.39 is 0 Å². The molecule has 0 amide bonds. The van der Waals surface area contributed by atoms with Gasteiger partial charge in [-0.05, 0) is 23.5 Å². The first-order chi connectivity index (χ1) is 9.29. The van der Waals surface area contributed by atoms with Crippen molar-refractivity contribution in [2.24, 2.45) is 5.92 Å². The number of aldehydes is 1. The van der Waals surface area contributed by atoms with Crippen molar-refractivity contribution in [3.8, 4) is 5.75 Å². The molecule has 0 radical (unpaired) electrons. The molecule has 0 aromatic heterocycles. The van der Waals surface area contributed by atoms with Crippen LogP contribution >= 0.6 is 0 Å². The fraction of sp³-hybridized carbons (Fsp3) is 0.611. The number of ether oxygens (including phenoxy) is 1. The van der Waals surface area contributed by atoms with E-state index in [0.29, 0.717) is 5.92 Å². The zero-order chi connectivity index (χ0) is 14.7. The van der Waals surface area contributed by atoms with Gasteiger partial charge in [0.05, 0.1) is 6.61 Å². The van der Waals surface area contributed by atoms with Gasteiger partial charge >= 0.3 is 0 Å². The Labute approximate surface area is 121 Å². The van der Waals surface area contributed by atoms with Gasteiger partial charge in [0.15, 0.2) is 0 Å². The Morgan fingerprint density at radius 2 is 2.00 bits per heavy atom. The van der Waals surface area contributed by atoms with E-state index in [-0.39, 0.29) is 16.7 Å². The van der Waals surface area contributed by atoms with Crippen LogP contribution in [0, 0.1) is 5.92 Å². The predicted octanol–water partition coefficient (Wildman–Crippen LogP) is 3.96. The molecule has 2 heteroatoms. The van der Waals surface area contributed by atoms with Gasteiger partial charge in [0, 0.05) is 22.3 Å². The van der Waals surface area contributed by atoms with Crippen LogP contribution in [0.3, 0.4) is 0 Å². The second-order valence-corrected chi connectivity index (χ2v) is 7.63. The third kappa shape index (κ3) is 1.81. The summed E-state index contributed by atoms with van der Waals surface area (Å²) in [5.41, 5.74) is 4.03. The first-order valence-corrected chi connectivity index (χ1v) is 7.56. The molecule has 1 aliphatic heterocycles. The van der Waals surface area contributed by atoms with Gasteiger partial charge in [-0.2, -0.15) is 0 Å². The van der Waals surface area contributed by atoms with Crippen molar-refractivity contribution < 1.29 is 9.53 Å². The molecule has 1 saturated carbocycles. The highest BCUT2D eigenvalue weighted by atomic mass is 16.5. The summed E-state index contributed by atoms with van der Waals surface area (Å²) in [6, 6.07) is 4.56. The second kappa shape index (κ2) is 4.09. The van der Waals surface area contributed by atoms with E-state index in [2.05, 4.69) is 46.8 Å². The maximum absolute atomic E-state index is 11.1. The smallest absolute Gasteiger partial charge is 0.126 e. The highest BCUT2D eigenvalue weighted by Gasteiger charge is 2.52. The Morgan fingerprint density at radius 3 is 2.55 bits per heavy atom. The minimum Gasteiger partial charge on any atom is -0.492 e. The Bertz CT molecular complexity index is 571. The van der Waals surface area contributed by atoms with E-state index in [0.717, 1.165) is 25.1 Å². The molecule has 0 bridgehead atoms. The summed E-state index contributed by atoms with van der Waals surface area (Å²) in [4.78, 5) is 11.1. The Morgan fingerprint density at radius 1 is 1.30 bits per heavy atom. The Balaban J connectivity index is 2.15. The number of carbonyl (C=O) groups excluding carboxylic acids is 1. The van der Waals surface area contributed by atoms with Crippen molar-refractivity contribution in [2.75, 3.05) is 6.61 Å². The molecule has 3 rings (SSSR count). The third-order valence-electron chi connectivity index (χ3n) is 5.17. The summed E-state index contributed by atoms with van der Waals surface area (Å²) >= 11 is 0. The Hall–Kier alpha value is -1.31. The average molecular weight is 272 g/mol. The highest BCUT2D eigenvalue weighted by molar-refractivity contribution is 5.65. The Kier molecular flexibility index (Phi) is 2.80. The van der Waals surface area contributed by atoms with Crippen LogP contribution < -0.4 is 4.74 Å². The maximum atomic E-state index is 11.1. The molecule has 1 fully saturated rings. The minimum atomic E-state index is 0.0408. The number of benzene rings is 1. The summed E-state index contributed by atoms with van der Waals surface area (Å²) in [7, 11) is 0. The van der Waals surface area contributed by atoms with E-state index in [1.54, 1.807) is 0 Å². The number of rotatable bonds is 3. The van der Waals surface area contributed by atoms with Crippen LogP contribution in [-0.2, 0) is 15.6 Å². The maximum Gasteiger partial charge on any atom is 0.126 e. The summed E-state index contributed by atoms with van der Waals surface area (Å²) < 4.78 is 5.98. The van der Waals surface area contributed by atoms with E-state index in [4.69, 9.17) is 4.74 Å². The second-order valence-electron chi connectivity index (χ2n) is 7.63. The van der Waals surface area contributed by atoms with Gasteiger partial charge in [0.25, 0.3) is 0 Å². The van der Waals surface area contributed by atoms with Crippen molar-refractivity contribution in [3.05, 3.63) is 28.8 Å². The van der Waals surface area contributed by atoms with E-state index >= 15 is 0 Å². The van der Waals surface area contributed by atoms with Crippen LogP contribution in [0.1, 0.15) is 63.6 Å². The minimum absolute atomic E-state index is 0.0408. The predicted molar refractivity (Wildman–Crippen MR) is 80.6 cm³/mol. The molecule has 0 unspecified atom stereocenters. The first kappa shape index (κ1) is 13.7. The zero-order valence-electron chi connectivity index (χ0n) is 13.1. The first-order valence-electron chi connectivity index (χ1n) is 7.56. The molecule has 2 nitrogen and oxygen atoms in total. The van der Waals surface area contributed by atoms with Gasteiger partial charge in [-0.15, -0.1) is 0 Å². The topological polar surface area (TPSA) is 26.3 Å². The zero-order valence-corrected chi connectivity index (χ0v) is 13.1. The van der Waals surface area contributed by atoms with E-state index in [9.17, 15) is 4.79 Å². The van der Waals surface area contributed by atoms with Crippen LogP contribution in [0.5, 0.6) is 5.75 Å². The van der Waals surface area contributed by atoms with E-state index in [1.807, 2.05) is 0 Å². The molecule has 108 valence electrons. The highest BCUT2D eigenvalue weighted by Crippen LogP contribution is 2.55. The van der Waals surface area contributed by atoms with Crippen molar-refractivity contribution in [2.45, 2.75) is 57.8 Å². The van der Waals surface area contributed by atoms with Crippen LogP contribution in [0.15, 0.2) is 12.1 Å². The molecule has 20 heavy (non-hydrogen) atoms. The number of hydrogen-bond donors (Lipinski definition) is 0. The lowest BCUT2D eigenvalue weighted by Crippen LogP contribution is -2.19. The molecule has 2 aliphatic rings. The molecule has 0 spiro atoms. The van der Waals surface area contributed by atoms with Gasteiger partial charge in [0.1, 0.15) is 12.0 Å². The molecule has 1 heterocycles. The summed E-state index contributed by atoms with van der Waals surface area (Å²) in [5, 5.41) is 0. The summed E-state index contributed by atoms with van der Waals surface area (Å²) in [5.74, 6) is 1.71. The van der Waals surface area contributed by atoms with Crippen LogP contribution in [0.25, 0.3) is 0 Å². The average Bonchev–Trinajstić information content (AvgIpc) is 2.98. The summed E-state index contributed by atoms with van der Waals surface area (Å²) in [6.07, 6.45) is 2.10. The lowest BCUT2D eigenvalue weighted by atomic mass is 9.81. The van der Waals surface area contributed by atoms with Gasteiger partial charge in [0.2, 0.25) is 0 Å². The fourth-order valence-corrected chi connectivity index (χ4v) is 3.33. The number of hydrogen-bond acceptors (Lipinski definition) is 2. The summed E-state index contributed by atoms with van der Waals surface area (Å²) in [6.45, 7) is 11.8. The van der Waals surface area contributed by atoms with Crippen LogP contribution in [-0.4, -0.2) is 12.9 Å². The monoisotopic (exact) mass is 272 g/mol. The quantitative estimate of drug-likeness (QED) is 0.779. The molecule has 0 saturated heterocycles. The molecule has 1 aromatic carbocycles.